The number of nitro groups is 1. The topological polar surface area (TPSA) is 98.5 Å². The Kier molecular flexibility index (Phi) is 4.00. The molecule has 0 saturated heterocycles. The highest BCUT2D eigenvalue weighted by molar-refractivity contribution is 7.92. The number of nitrogens with one attached hydrogen (secondary N) is 1. The van der Waals surface area contributed by atoms with Gasteiger partial charge in [0.25, 0.3) is 10.0 Å². The van der Waals surface area contributed by atoms with Crippen molar-refractivity contribution in [2.45, 2.75) is 17.7 Å². The molecule has 27 heavy (non-hydrogen) atoms. The molecule has 3 aromatic rings. The Balaban J connectivity index is 1.78. The van der Waals surface area contributed by atoms with E-state index >= 15 is 0 Å². The fourth-order valence-electron chi connectivity index (χ4n) is 3.52. The number of aryl methyl sites for hydroxylation is 2. The van der Waals surface area contributed by atoms with Gasteiger partial charge in [0.2, 0.25) is 0 Å². The molecular formula is C19H16N2O5S. The maximum atomic E-state index is 12.8. The third kappa shape index (κ3) is 2.87. The van der Waals surface area contributed by atoms with E-state index in [-0.39, 0.29) is 10.6 Å². The highest BCUT2D eigenvalue weighted by Crippen LogP contribution is 2.36. The van der Waals surface area contributed by atoms with Gasteiger partial charge in [0, 0.05) is 11.5 Å². The van der Waals surface area contributed by atoms with Crippen molar-refractivity contribution in [3.63, 3.8) is 0 Å². The van der Waals surface area contributed by atoms with E-state index in [0.717, 1.165) is 29.7 Å². The predicted octanol–water partition coefficient (Wildman–Crippen LogP) is 3.66. The minimum Gasteiger partial charge on any atom is -0.490 e. The monoisotopic (exact) mass is 384 g/mol. The van der Waals surface area contributed by atoms with Gasteiger partial charge < -0.3 is 4.74 Å². The Labute approximate surface area is 155 Å². The summed E-state index contributed by atoms with van der Waals surface area (Å²) in [5.74, 6) is 0.00397. The molecule has 3 aromatic carbocycles. The van der Waals surface area contributed by atoms with Crippen molar-refractivity contribution in [3.8, 4) is 5.75 Å². The van der Waals surface area contributed by atoms with Crippen molar-refractivity contribution in [2.75, 3.05) is 11.8 Å². The molecule has 0 amide bonds. The van der Waals surface area contributed by atoms with Crippen LogP contribution in [0, 0.1) is 10.1 Å². The second kappa shape index (κ2) is 6.24. The van der Waals surface area contributed by atoms with Crippen LogP contribution in [0.25, 0.3) is 10.8 Å². The lowest BCUT2D eigenvalue weighted by atomic mass is 10.0. The number of hydrogen-bond donors (Lipinski definition) is 1. The Morgan fingerprint density at radius 2 is 1.81 bits per heavy atom. The number of nitrogens with zero attached hydrogens (tertiary/aromatic N) is 1. The lowest BCUT2D eigenvalue weighted by Gasteiger charge is -2.12. The largest absolute Gasteiger partial charge is 0.490 e. The van der Waals surface area contributed by atoms with Gasteiger partial charge in [-0.2, -0.15) is 0 Å². The average Bonchev–Trinajstić information content (AvgIpc) is 3.08. The molecule has 1 N–H and O–H groups in total. The number of methoxy groups -OCH3 is 1. The van der Waals surface area contributed by atoms with E-state index < -0.39 is 20.6 Å². The zero-order valence-electron chi connectivity index (χ0n) is 14.4. The smallest absolute Gasteiger partial charge is 0.312 e. The van der Waals surface area contributed by atoms with Crippen molar-refractivity contribution in [1.29, 1.82) is 0 Å². The molecule has 1 aliphatic rings. The molecule has 0 aromatic heterocycles. The van der Waals surface area contributed by atoms with E-state index in [0.29, 0.717) is 5.69 Å². The van der Waals surface area contributed by atoms with Gasteiger partial charge in [0.1, 0.15) is 0 Å². The third-order valence-electron chi connectivity index (χ3n) is 4.78. The minimum absolute atomic E-state index is 0.00397. The zero-order chi connectivity index (χ0) is 19.2. The highest BCUT2D eigenvalue weighted by Gasteiger charge is 2.23. The third-order valence-corrected chi connectivity index (χ3v) is 6.14. The van der Waals surface area contributed by atoms with Gasteiger partial charge in [-0.05, 0) is 47.6 Å². The van der Waals surface area contributed by atoms with Gasteiger partial charge in [-0.25, -0.2) is 8.42 Å². The number of benzene rings is 3. The van der Waals surface area contributed by atoms with E-state index in [4.69, 9.17) is 4.74 Å². The molecule has 0 atom stereocenters. The molecule has 4 rings (SSSR count). The molecule has 0 radical (unpaired) electrons. The summed E-state index contributed by atoms with van der Waals surface area (Å²) in [6, 6.07) is 13.1. The van der Waals surface area contributed by atoms with Crippen molar-refractivity contribution in [2.24, 2.45) is 0 Å². The average molecular weight is 384 g/mol. The molecule has 138 valence electrons. The van der Waals surface area contributed by atoms with Crippen LogP contribution in [0.15, 0.2) is 53.4 Å². The van der Waals surface area contributed by atoms with Gasteiger partial charge in [-0.3, -0.25) is 14.8 Å². The first-order valence-corrected chi connectivity index (χ1v) is 9.78. The molecule has 0 fully saturated rings. The quantitative estimate of drug-likeness (QED) is 0.535. The van der Waals surface area contributed by atoms with Crippen LogP contribution in [0.4, 0.5) is 11.4 Å². The van der Waals surface area contributed by atoms with Crippen LogP contribution in [0.3, 0.4) is 0 Å². The summed E-state index contributed by atoms with van der Waals surface area (Å²) in [7, 11) is -2.71. The maximum absolute atomic E-state index is 12.8. The van der Waals surface area contributed by atoms with Crippen LogP contribution < -0.4 is 9.46 Å². The van der Waals surface area contributed by atoms with Crippen LogP contribution in [0.5, 0.6) is 5.75 Å². The van der Waals surface area contributed by atoms with Gasteiger partial charge >= 0.3 is 5.69 Å². The lowest BCUT2D eigenvalue weighted by molar-refractivity contribution is -0.386. The second-order valence-corrected chi connectivity index (χ2v) is 7.99. The Hall–Kier alpha value is -3.13. The molecule has 7 nitrogen and oxygen atoms in total. The lowest BCUT2D eigenvalue weighted by Crippen LogP contribution is -2.13. The van der Waals surface area contributed by atoms with Crippen LogP contribution >= 0.6 is 0 Å². The first-order chi connectivity index (χ1) is 12.9. The Morgan fingerprint density at radius 3 is 2.52 bits per heavy atom. The molecule has 0 unspecified atom stereocenters. The molecular weight excluding hydrogens is 368 g/mol. The van der Waals surface area contributed by atoms with E-state index in [1.165, 1.54) is 30.4 Å². The Bertz CT molecular complexity index is 1180. The maximum Gasteiger partial charge on any atom is 0.312 e. The minimum atomic E-state index is -4.00. The summed E-state index contributed by atoms with van der Waals surface area (Å²) in [6.07, 6.45) is 1.88. The summed E-state index contributed by atoms with van der Waals surface area (Å²) in [4.78, 5) is 10.3. The van der Waals surface area contributed by atoms with Gasteiger partial charge in [-0.1, -0.05) is 24.3 Å². The van der Waals surface area contributed by atoms with Crippen LogP contribution in [-0.4, -0.2) is 20.5 Å². The Morgan fingerprint density at radius 1 is 1.07 bits per heavy atom. The van der Waals surface area contributed by atoms with Crippen LogP contribution in [0.1, 0.15) is 11.1 Å². The van der Waals surface area contributed by atoms with Gasteiger partial charge in [0.05, 0.1) is 22.6 Å². The van der Waals surface area contributed by atoms with Gasteiger partial charge in [-0.15, -0.1) is 0 Å². The summed E-state index contributed by atoms with van der Waals surface area (Å²) in [5.41, 5.74) is 2.45. The normalized spacial score (nSPS) is 12.9. The first kappa shape index (κ1) is 17.3. The van der Waals surface area contributed by atoms with Crippen molar-refractivity contribution in [3.05, 3.63) is 69.8 Å². The highest BCUT2D eigenvalue weighted by atomic mass is 32.2. The number of ether oxygens (including phenoxy) is 1. The van der Waals surface area contributed by atoms with E-state index in [9.17, 15) is 18.5 Å². The molecule has 0 aliphatic heterocycles. The van der Waals surface area contributed by atoms with Crippen molar-refractivity contribution >= 4 is 32.2 Å². The van der Waals surface area contributed by atoms with E-state index in [2.05, 4.69) is 4.72 Å². The van der Waals surface area contributed by atoms with E-state index in [1.54, 1.807) is 6.07 Å². The fourth-order valence-corrected chi connectivity index (χ4v) is 4.62. The number of sulfonamides is 1. The summed E-state index contributed by atoms with van der Waals surface area (Å²) < 4.78 is 33.2. The van der Waals surface area contributed by atoms with Crippen molar-refractivity contribution < 1.29 is 18.1 Å². The van der Waals surface area contributed by atoms with Crippen molar-refractivity contribution in [1.82, 2.24) is 0 Å². The molecule has 0 bridgehead atoms. The van der Waals surface area contributed by atoms with Crippen LogP contribution in [0.2, 0.25) is 0 Å². The van der Waals surface area contributed by atoms with E-state index in [1.807, 2.05) is 24.3 Å². The summed E-state index contributed by atoms with van der Waals surface area (Å²) in [6.45, 7) is 0. The summed E-state index contributed by atoms with van der Waals surface area (Å²) >= 11 is 0. The molecule has 8 heteroatoms. The first-order valence-electron chi connectivity index (χ1n) is 8.29. The standard InChI is InChI=1S/C19H16N2O5S/c1-26-18-10-8-14(11-17(18)21(22)23)27(24,25)20-16-9-7-13-6-5-12-3-2-4-15(16)19(12)13/h2-4,7-11,20H,5-6H2,1H3. The molecule has 0 heterocycles. The second-order valence-electron chi connectivity index (χ2n) is 6.31. The molecule has 0 spiro atoms. The number of anilines is 1. The zero-order valence-corrected chi connectivity index (χ0v) is 15.2. The number of rotatable bonds is 5. The number of nitro benzene ring substituents is 1. The predicted molar refractivity (Wildman–Crippen MR) is 102 cm³/mol. The SMILES string of the molecule is COc1ccc(S(=O)(=O)Nc2ccc3c4c(cccc24)CC3)cc1[N+](=O)[O-]. The summed E-state index contributed by atoms with van der Waals surface area (Å²) in [5, 5.41) is 13.1. The fraction of sp³-hybridized carbons (Fsp3) is 0.158. The number of hydrogen-bond acceptors (Lipinski definition) is 5. The van der Waals surface area contributed by atoms with Gasteiger partial charge in [0.15, 0.2) is 5.75 Å². The molecule has 0 saturated carbocycles. The molecule has 1 aliphatic carbocycles. The van der Waals surface area contributed by atoms with Crippen LogP contribution in [-0.2, 0) is 22.9 Å².